The number of hydrogen-bond acceptors (Lipinski definition) is 2. The van der Waals surface area contributed by atoms with E-state index in [1.54, 1.807) is 48.5 Å². The van der Waals surface area contributed by atoms with Gasteiger partial charge in [-0.3, -0.25) is 4.57 Å². The number of rotatable bonds is 6. The Labute approximate surface area is 118 Å². The Hall–Kier alpha value is -2.03. The van der Waals surface area contributed by atoms with E-state index in [1.165, 1.54) is 6.08 Å². The van der Waals surface area contributed by atoms with Crippen molar-refractivity contribution >= 4 is 13.2 Å². The Morgan fingerprint density at radius 2 is 1.65 bits per heavy atom. The molecule has 1 N–H and O–H groups in total. The lowest BCUT2D eigenvalue weighted by Crippen LogP contribution is -2.24. The van der Waals surface area contributed by atoms with Gasteiger partial charge in [0.25, 0.3) is 0 Å². The van der Waals surface area contributed by atoms with Crippen LogP contribution in [0.25, 0.3) is 0 Å². The van der Waals surface area contributed by atoms with Crippen molar-refractivity contribution in [3.63, 3.8) is 0 Å². The first-order chi connectivity index (χ1) is 9.63. The predicted molar refractivity (Wildman–Crippen MR) is 80.9 cm³/mol. The molecule has 4 nitrogen and oxygen atoms in total. The van der Waals surface area contributed by atoms with E-state index in [4.69, 9.17) is 4.84 Å². The Morgan fingerprint density at radius 3 is 2.20 bits per heavy atom. The summed E-state index contributed by atoms with van der Waals surface area (Å²) in [6.07, 6.45) is 1.35. The molecule has 2 aromatic rings. The molecule has 5 heteroatoms. The van der Waals surface area contributed by atoms with Gasteiger partial charge in [0.05, 0.1) is 11.8 Å². The number of hydrogen-bond donors (Lipinski definition) is 1. The van der Waals surface area contributed by atoms with Crippen molar-refractivity contribution in [3.8, 4) is 5.75 Å². The first kappa shape index (κ1) is 14.4. The first-order valence-electron chi connectivity index (χ1n) is 6.15. The van der Waals surface area contributed by atoms with E-state index in [0.717, 1.165) is 4.83 Å². The van der Waals surface area contributed by atoms with Gasteiger partial charge in [-0.1, -0.05) is 42.5 Å². The van der Waals surface area contributed by atoms with Gasteiger partial charge in [0.15, 0.2) is 5.75 Å². The molecule has 0 bridgehead atoms. The van der Waals surface area contributed by atoms with Crippen LogP contribution in [-0.2, 0) is 4.57 Å². The average molecular weight is 289 g/mol. The van der Waals surface area contributed by atoms with Gasteiger partial charge in [-0.25, -0.2) is 0 Å². The third kappa shape index (κ3) is 3.50. The average Bonchev–Trinajstić information content (AvgIpc) is 2.46. The molecule has 0 aliphatic heterocycles. The number of nitrogens with zero attached hydrogens (tertiary/aromatic N) is 1. The smallest absolute Gasteiger partial charge is 0.329 e. The molecule has 0 aromatic heterocycles. The maximum absolute atomic E-state index is 12.4. The van der Waals surface area contributed by atoms with E-state index >= 15 is 0 Å². The summed E-state index contributed by atoms with van der Waals surface area (Å²) in [5.74, 6) is 0.495. The quantitative estimate of drug-likeness (QED) is 0.498. The molecule has 0 radical (unpaired) electrons. The van der Waals surface area contributed by atoms with Crippen LogP contribution in [0, 0.1) is 0 Å². The van der Waals surface area contributed by atoms with E-state index in [9.17, 15) is 9.46 Å². The van der Waals surface area contributed by atoms with Gasteiger partial charge in [-0.2, -0.15) is 0 Å². The minimum absolute atomic E-state index is 0.0608. The van der Waals surface area contributed by atoms with Crippen molar-refractivity contribution in [2.45, 2.75) is 0 Å². The van der Waals surface area contributed by atoms with Gasteiger partial charge < -0.3 is 9.73 Å². The van der Waals surface area contributed by atoms with Gasteiger partial charge in [0.1, 0.15) is 0 Å². The summed E-state index contributed by atoms with van der Waals surface area (Å²) < 4.78 is 12.4. The summed E-state index contributed by atoms with van der Waals surface area (Å²) in [4.78, 5) is 16.8. The van der Waals surface area contributed by atoms with E-state index in [0.29, 0.717) is 11.4 Å². The van der Waals surface area contributed by atoms with Crippen LogP contribution < -0.4 is 9.67 Å². The van der Waals surface area contributed by atoms with Crippen molar-refractivity contribution in [2.75, 3.05) is 11.0 Å². The number of para-hydroxylation sites is 2. The highest BCUT2D eigenvalue weighted by Crippen LogP contribution is 2.48. The zero-order chi connectivity index (χ0) is 14.4. The van der Waals surface area contributed by atoms with Crippen molar-refractivity contribution in [3.05, 3.63) is 73.3 Å². The van der Waals surface area contributed by atoms with Crippen molar-refractivity contribution in [2.24, 2.45) is 0 Å². The largest absolute Gasteiger partial charge is 0.371 e. The molecular weight excluding hydrogens is 273 g/mol. The lowest BCUT2D eigenvalue weighted by atomic mass is 10.3. The normalized spacial score (nSPS) is 13.2. The fourth-order valence-corrected chi connectivity index (χ4v) is 2.88. The molecule has 0 fully saturated rings. The maximum Gasteiger partial charge on any atom is 0.329 e. The second-order valence-corrected chi connectivity index (χ2v) is 6.21. The molecule has 0 saturated carbocycles. The molecule has 0 amide bonds. The van der Waals surface area contributed by atoms with Gasteiger partial charge >= 0.3 is 7.52 Å². The summed E-state index contributed by atoms with van der Waals surface area (Å²) in [5.41, 5.74) is 0.518. The van der Waals surface area contributed by atoms with Crippen LogP contribution in [0.2, 0.25) is 0 Å². The van der Waals surface area contributed by atoms with E-state index < -0.39 is 7.52 Å². The summed E-state index contributed by atoms with van der Waals surface area (Å²) in [5, 5.41) is 0. The van der Waals surface area contributed by atoms with Crippen molar-refractivity contribution < 1.29 is 14.3 Å². The molecule has 1 atom stereocenters. The molecule has 0 saturated heterocycles. The Balaban J connectivity index is 2.35. The monoisotopic (exact) mass is 289 g/mol. The van der Waals surface area contributed by atoms with Crippen molar-refractivity contribution in [1.29, 1.82) is 0 Å². The van der Waals surface area contributed by atoms with E-state index in [2.05, 4.69) is 6.58 Å². The van der Waals surface area contributed by atoms with Crippen molar-refractivity contribution in [1.82, 2.24) is 0 Å². The molecule has 0 heterocycles. The highest BCUT2D eigenvalue weighted by Gasteiger charge is 2.29. The van der Waals surface area contributed by atoms with Gasteiger partial charge in [0, 0.05) is 0 Å². The van der Waals surface area contributed by atoms with Crippen LogP contribution in [0.1, 0.15) is 0 Å². The zero-order valence-corrected chi connectivity index (χ0v) is 11.8. The molecule has 2 rings (SSSR count). The summed E-state index contributed by atoms with van der Waals surface area (Å²) >= 11 is 0. The van der Waals surface area contributed by atoms with Crippen LogP contribution in [0.5, 0.6) is 5.75 Å². The third-order valence-corrected chi connectivity index (χ3v) is 4.18. The first-order valence-corrected chi connectivity index (χ1v) is 7.94. The minimum atomic E-state index is -3.70. The number of anilines is 1. The Bertz CT molecular complexity index is 601. The molecule has 20 heavy (non-hydrogen) atoms. The minimum Gasteiger partial charge on any atom is -0.371 e. The zero-order valence-electron chi connectivity index (χ0n) is 10.9. The highest BCUT2D eigenvalue weighted by atomic mass is 31.2. The van der Waals surface area contributed by atoms with Gasteiger partial charge in [0.2, 0.25) is 0 Å². The summed E-state index contributed by atoms with van der Waals surface area (Å²) in [6, 6.07) is 17.7. The fraction of sp³-hybridized carbons (Fsp3) is 0.0667. The van der Waals surface area contributed by atoms with Crippen LogP contribution in [0.4, 0.5) is 5.69 Å². The Morgan fingerprint density at radius 1 is 1.10 bits per heavy atom. The second-order valence-electron chi connectivity index (χ2n) is 4.15. The molecule has 0 spiro atoms. The van der Waals surface area contributed by atoms with E-state index in [1.807, 2.05) is 12.1 Å². The Kier molecular flexibility index (Phi) is 4.61. The molecule has 104 valence electrons. The summed E-state index contributed by atoms with van der Waals surface area (Å²) in [7, 11) is -3.70. The molecule has 2 aromatic carbocycles. The molecule has 0 aliphatic carbocycles. The number of benzene rings is 2. The van der Waals surface area contributed by atoms with E-state index in [-0.39, 0.29) is 6.16 Å². The standard InChI is InChI=1S/C15H16NO3P/c1-2-13-20(17,18)16(14-9-5-3-6-10-14)19-15-11-7-4-8-12-15/h2-12H,1,13H2,(H,17,18). The topological polar surface area (TPSA) is 49.8 Å². The van der Waals surface area contributed by atoms with Gasteiger partial charge in [-0.15, -0.1) is 11.4 Å². The predicted octanol–water partition coefficient (Wildman–Crippen LogP) is 3.86. The maximum atomic E-state index is 12.4. The highest BCUT2D eigenvalue weighted by molar-refractivity contribution is 7.59. The van der Waals surface area contributed by atoms with Crippen LogP contribution >= 0.6 is 7.52 Å². The van der Waals surface area contributed by atoms with Crippen LogP contribution in [0.3, 0.4) is 0 Å². The fourth-order valence-electron chi connectivity index (χ4n) is 1.68. The number of allylic oxidation sites excluding steroid dienone is 1. The van der Waals surface area contributed by atoms with Gasteiger partial charge in [-0.05, 0) is 24.3 Å². The summed E-state index contributed by atoms with van der Waals surface area (Å²) in [6.45, 7) is 3.51. The SMILES string of the molecule is C=CCP(=O)(O)N(Oc1ccccc1)c1ccccc1. The molecule has 1 unspecified atom stereocenters. The lowest BCUT2D eigenvalue weighted by Gasteiger charge is -2.27. The lowest BCUT2D eigenvalue weighted by molar-refractivity contribution is 0.314. The second kappa shape index (κ2) is 6.42. The van der Waals surface area contributed by atoms with Crippen LogP contribution in [0.15, 0.2) is 73.3 Å². The third-order valence-electron chi connectivity index (χ3n) is 2.56. The van der Waals surface area contributed by atoms with Crippen LogP contribution in [-0.4, -0.2) is 11.1 Å². The molecular formula is C15H16NO3P. The molecule has 0 aliphatic rings.